The highest BCUT2D eigenvalue weighted by Gasteiger charge is 2.49. The molecule has 1 amide bonds. The molecule has 160 valence electrons. The van der Waals surface area contributed by atoms with Crippen LogP contribution in [0.5, 0.6) is 5.75 Å². The van der Waals surface area contributed by atoms with Gasteiger partial charge in [-0.15, -0.1) is 0 Å². The molecule has 1 saturated heterocycles. The van der Waals surface area contributed by atoms with Gasteiger partial charge in [-0.3, -0.25) is 14.5 Å². The van der Waals surface area contributed by atoms with Gasteiger partial charge < -0.3 is 19.2 Å². The number of aromatic nitrogens is 2. The first-order valence-electron chi connectivity index (χ1n) is 10.1. The smallest absolute Gasteiger partial charge is 0.302 e. The van der Waals surface area contributed by atoms with E-state index in [4.69, 9.17) is 9.15 Å². The van der Waals surface area contributed by atoms with Crippen molar-refractivity contribution in [3.05, 3.63) is 83.8 Å². The lowest BCUT2D eigenvalue weighted by Crippen LogP contribution is -2.30. The number of ketones is 1. The zero-order valence-corrected chi connectivity index (χ0v) is 17.1. The topological polar surface area (TPSA) is 109 Å². The Morgan fingerprint density at radius 2 is 1.91 bits per heavy atom. The average Bonchev–Trinajstić information content (AvgIpc) is 3.53. The van der Waals surface area contributed by atoms with Crippen LogP contribution in [0, 0.1) is 0 Å². The fourth-order valence-corrected chi connectivity index (χ4v) is 3.85. The first-order chi connectivity index (χ1) is 15.6. The summed E-state index contributed by atoms with van der Waals surface area (Å²) in [6, 6.07) is 16.3. The molecule has 2 aromatic heterocycles. The third-order valence-corrected chi connectivity index (χ3v) is 5.30. The molecule has 1 atom stereocenters. The second kappa shape index (κ2) is 7.73. The summed E-state index contributed by atoms with van der Waals surface area (Å²) in [4.78, 5) is 34.9. The molecule has 8 heteroatoms. The molecule has 1 unspecified atom stereocenters. The number of aliphatic hydroxyl groups is 1. The van der Waals surface area contributed by atoms with Crippen molar-refractivity contribution >= 4 is 34.4 Å². The molecule has 0 spiro atoms. The van der Waals surface area contributed by atoms with Crippen LogP contribution >= 0.6 is 0 Å². The normalized spacial score (nSPS) is 17.9. The molecule has 2 N–H and O–H groups in total. The van der Waals surface area contributed by atoms with E-state index in [1.165, 1.54) is 11.2 Å². The first-order valence-corrected chi connectivity index (χ1v) is 10.1. The summed E-state index contributed by atoms with van der Waals surface area (Å²) in [6.45, 7) is 2.38. The van der Waals surface area contributed by atoms with Crippen molar-refractivity contribution in [2.24, 2.45) is 0 Å². The molecule has 4 aromatic rings. The molecule has 5 rings (SSSR count). The van der Waals surface area contributed by atoms with Crippen molar-refractivity contribution in [2.75, 3.05) is 11.5 Å². The number of para-hydroxylation sites is 2. The quantitative estimate of drug-likeness (QED) is 0.280. The Morgan fingerprint density at radius 3 is 2.59 bits per heavy atom. The minimum atomic E-state index is -0.975. The van der Waals surface area contributed by atoms with Gasteiger partial charge in [0, 0.05) is 5.56 Å². The summed E-state index contributed by atoms with van der Waals surface area (Å²) >= 11 is 0. The van der Waals surface area contributed by atoms with Gasteiger partial charge in [-0.2, -0.15) is 0 Å². The fraction of sp³-hybridized carbons (Fsp3) is 0.125. The molecule has 0 saturated carbocycles. The van der Waals surface area contributed by atoms with Crippen LogP contribution in [0.25, 0.3) is 16.8 Å². The number of carbonyl (C=O) groups is 2. The number of benzene rings is 2. The van der Waals surface area contributed by atoms with Crippen molar-refractivity contribution in [3.8, 4) is 5.75 Å². The highest BCUT2D eigenvalue weighted by Crippen LogP contribution is 2.41. The Hall–Kier alpha value is -4.33. The number of hydrogen-bond acceptors (Lipinski definition) is 6. The molecule has 1 aliphatic heterocycles. The summed E-state index contributed by atoms with van der Waals surface area (Å²) in [6.07, 6.45) is 1.45. The van der Waals surface area contributed by atoms with Gasteiger partial charge in [0.05, 0.1) is 29.5 Å². The number of aromatic amines is 1. The zero-order valence-electron chi connectivity index (χ0n) is 17.1. The van der Waals surface area contributed by atoms with Gasteiger partial charge in [0.2, 0.25) is 5.95 Å². The van der Waals surface area contributed by atoms with E-state index in [1.807, 2.05) is 25.1 Å². The Balaban J connectivity index is 1.65. The minimum absolute atomic E-state index is 0.0745. The number of hydrogen-bond donors (Lipinski definition) is 2. The second-order valence-corrected chi connectivity index (χ2v) is 7.22. The number of fused-ring (bicyclic) bond motifs is 1. The number of amides is 1. The third kappa shape index (κ3) is 3.13. The lowest BCUT2D eigenvalue weighted by atomic mass is 9.99. The van der Waals surface area contributed by atoms with Crippen molar-refractivity contribution < 1.29 is 23.8 Å². The molecular formula is C24H19N3O5. The van der Waals surface area contributed by atoms with E-state index >= 15 is 0 Å². The number of aliphatic hydroxyl groups excluding tert-OH is 1. The SMILES string of the molecule is CCOc1ccc(/C(O)=C2\C(=O)C(=O)N(c3nc4ccccc4[nH]3)C2c2ccco2)cc1. The van der Waals surface area contributed by atoms with Gasteiger partial charge in [-0.05, 0) is 55.5 Å². The van der Waals surface area contributed by atoms with Gasteiger partial charge in [0.25, 0.3) is 5.78 Å². The molecule has 2 aromatic carbocycles. The van der Waals surface area contributed by atoms with Gasteiger partial charge in [-0.25, -0.2) is 4.98 Å². The molecule has 3 heterocycles. The molecule has 0 aliphatic carbocycles. The standard InChI is InChI=1S/C24H19N3O5/c1-2-31-15-11-9-14(10-12-15)21(28)19-20(18-8-5-13-32-18)27(23(30)22(19)29)24-25-16-6-3-4-7-17(16)26-24/h3-13,20,28H,2H2,1H3,(H,25,26)/b21-19+. The number of Topliss-reactive ketones (excluding diaryl/α,β-unsaturated/α-hetero) is 1. The van der Waals surface area contributed by atoms with Gasteiger partial charge in [0.1, 0.15) is 23.3 Å². The fourth-order valence-electron chi connectivity index (χ4n) is 3.85. The minimum Gasteiger partial charge on any atom is -0.507 e. The summed E-state index contributed by atoms with van der Waals surface area (Å²) in [5.41, 5.74) is 1.67. The van der Waals surface area contributed by atoms with Gasteiger partial charge in [0.15, 0.2) is 0 Å². The van der Waals surface area contributed by atoms with E-state index in [0.29, 0.717) is 34.7 Å². The van der Waals surface area contributed by atoms with Crippen molar-refractivity contribution in [3.63, 3.8) is 0 Å². The monoisotopic (exact) mass is 429 g/mol. The number of ether oxygens (including phenoxy) is 1. The van der Waals surface area contributed by atoms with E-state index in [-0.39, 0.29) is 17.3 Å². The number of furan rings is 1. The largest absolute Gasteiger partial charge is 0.507 e. The van der Waals surface area contributed by atoms with Crippen LogP contribution in [-0.4, -0.2) is 33.4 Å². The maximum absolute atomic E-state index is 13.1. The summed E-state index contributed by atoms with van der Waals surface area (Å²) < 4.78 is 11.0. The van der Waals surface area contributed by atoms with E-state index in [0.717, 1.165) is 0 Å². The van der Waals surface area contributed by atoms with Gasteiger partial charge in [-0.1, -0.05) is 12.1 Å². The molecule has 0 radical (unpaired) electrons. The molecule has 1 aliphatic rings. The van der Waals surface area contributed by atoms with E-state index < -0.39 is 17.7 Å². The van der Waals surface area contributed by atoms with E-state index in [9.17, 15) is 14.7 Å². The third-order valence-electron chi connectivity index (χ3n) is 5.30. The molecule has 0 bridgehead atoms. The van der Waals surface area contributed by atoms with Crippen LogP contribution in [0.15, 0.2) is 76.9 Å². The highest BCUT2D eigenvalue weighted by molar-refractivity contribution is 6.51. The van der Waals surface area contributed by atoms with Crippen LogP contribution in [0.4, 0.5) is 5.95 Å². The predicted molar refractivity (Wildman–Crippen MR) is 117 cm³/mol. The van der Waals surface area contributed by atoms with Crippen molar-refractivity contribution in [2.45, 2.75) is 13.0 Å². The van der Waals surface area contributed by atoms with E-state index in [2.05, 4.69) is 9.97 Å². The zero-order chi connectivity index (χ0) is 22.2. The van der Waals surface area contributed by atoms with Crippen molar-refractivity contribution in [1.29, 1.82) is 0 Å². The number of carbonyl (C=O) groups excluding carboxylic acids is 2. The lowest BCUT2D eigenvalue weighted by Gasteiger charge is -2.20. The summed E-state index contributed by atoms with van der Waals surface area (Å²) in [7, 11) is 0. The molecule has 1 fully saturated rings. The van der Waals surface area contributed by atoms with E-state index in [1.54, 1.807) is 42.5 Å². The Labute approximate surface area is 182 Å². The predicted octanol–water partition coefficient (Wildman–Crippen LogP) is 4.18. The number of nitrogens with zero attached hydrogens (tertiary/aromatic N) is 2. The second-order valence-electron chi connectivity index (χ2n) is 7.22. The van der Waals surface area contributed by atoms with Crippen molar-refractivity contribution in [1.82, 2.24) is 9.97 Å². The number of nitrogens with one attached hydrogen (secondary N) is 1. The Morgan fingerprint density at radius 1 is 1.12 bits per heavy atom. The average molecular weight is 429 g/mol. The Kier molecular flexibility index (Phi) is 4.74. The maximum atomic E-state index is 13.1. The highest BCUT2D eigenvalue weighted by atomic mass is 16.5. The Bertz CT molecular complexity index is 1300. The maximum Gasteiger partial charge on any atom is 0.302 e. The molecular weight excluding hydrogens is 410 g/mol. The number of imidazole rings is 1. The summed E-state index contributed by atoms with van der Waals surface area (Å²) in [5, 5.41) is 11.1. The van der Waals surface area contributed by atoms with Gasteiger partial charge >= 0.3 is 5.91 Å². The van der Waals surface area contributed by atoms with Crippen LogP contribution in [0.1, 0.15) is 24.3 Å². The van der Waals surface area contributed by atoms with Crippen LogP contribution in [-0.2, 0) is 9.59 Å². The number of rotatable bonds is 5. The molecule has 8 nitrogen and oxygen atoms in total. The number of anilines is 1. The van der Waals surface area contributed by atoms with Crippen LogP contribution in [0.3, 0.4) is 0 Å². The number of H-pyrrole nitrogens is 1. The van der Waals surface area contributed by atoms with Crippen LogP contribution < -0.4 is 9.64 Å². The summed E-state index contributed by atoms with van der Waals surface area (Å²) in [5.74, 6) is -0.769. The first kappa shape index (κ1) is 19.6. The van der Waals surface area contributed by atoms with Crippen LogP contribution in [0.2, 0.25) is 0 Å². The lowest BCUT2D eigenvalue weighted by molar-refractivity contribution is -0.132. The molecule has 32 heavy (non-hydrogen) atoms.